The Morgan fingerprint density at radius 3 is 2.34 bits per heavy atom. The Morgan fingerprint density at radius 1 is 0.969 bits per heavy atom. The maximum absolute atomic E-state index is 13.2. The first-order valence-electron chi connectivity index (χ1n) is 9.77. The summed E-state index contributed by atoms with van der Waals surface area (Å²) in [7, 11) is -2.35. The quantitative estimate of drug-likeness (QED) is 0.299. The first kappa shape index (κ1) is 23.9. The zero-order valence-electron chi connectivity index (χ0n) is 17.4. The number of nitrogens with zero attached hydrogens (tertiary/aromatic N) is 1. The molecule has 0 atom stereocenters. The summed E-state index contributed by atoms with van der Waals surface area (Å²) in [4.78, 5) is 12.7. The molecule has 0 saturated heterocycles. The molecule has 168 valence electrons. The number of benzene rings is 3. The van der Waals surface area contributed by atoms with Gasteiger partial charge in [0.2, 0.25) is 5.91 Å². The fraction of sp³-hybridized carbons (Fsp3) is 0.174. The zero-order valence-corrected chi connectivity index (χ0v) is 20.4. The van der Waals surface area contributed by atoms with E-state index in [1.165, 1.54) is 12.1 Å². The number of carbonyl (C=O) groups excluding carboxylic acids is 1. The number of sulfonamides is 1. The van der Waals surface area contributed by atoms with Crippen LogP contribution in [-0.2, 0) is 14.8 Å². The van der Waals surface area contributed by atoms with Gasteiger partial charge in [0, 0.05) is 9.64 Å². The first-order valence-corrected chi connectivity index (χ1v) is 12.3. The van der Waals surface area contributed by atoms with E-state index in [2.05, 4.69) is 27.9 Å². The molecule has 3 aromatic carbocycles. The van der Waals surface area contributed by atoms with Crippen molar-refractivity contribution in [1.29, 1.82) is 0 Å². The minimum absolute atomic E-state index is 0.118. The fourth-order valence-corrected chi connectivity index (χ4v) is 4.68. The van der Waals surface area contributed by atoms with Crippen molar-refractivity contribution in [1.82, 2.24) is 5.32 Å². The average Bonchev–Trinajstić information content (AvgIpc) is 2.81. The van der Waals surface area contributed by atoms with E-state index in [0.29, 0.717) is 17.2 Å². The molecule has 0 radical (unpaired) electrons. The SMILES string of the molecule is COc1cccc(OCCNC(=O)CN(c2ccc(I)cc2)S(=O)(=O)c2ccccc2)c1. The fourth-order valence-electron chi connectivity index (χ4n) is 2.88. The van der Waals surface area contributed by atoms with Crippen LogP contribution in [0.5, 0.6) is 11.5 Å². The summed E-state index contributed by atoms with van der Waals surface area (Å²) in [6.07, 6.45) is 0. The van der Waals surface area contributed by atoms with Crippen molar-refractivity contribution in [3.63, 3.8) is 0 Å². The smallest absolute Gasteiger partial charge is 0.264 e. The molecule has 0 heterocycles. The van der Waals surface area contributed by atoms with Gasteiger partial charge in [-0.2, -0.15) is 0 Å². The van der Waals surface area contributed by atoms with E-state index >= 15 is 0 Å². The van der Waals surface area contributed by atoms with Crippen LogP contribution in [0.2, 0.25) is 0 Å². The summed E-state index contributed by atoms with van der Waals surface area (Å²) >= 11 is 2.14. The highest BCUT2D eigenvalue weighted by atomic mass is 127. The molecular weight excluding hydrogens is 543 g/mol. The number of hydrogen-bond donors (Lipinski definition) is 1. The second-order valence-corrected chi connectivity index (χ2v) is 9.79. The number of halogens is 1. The Balaban J connectivity index is 1.66. The number of amides is 1. The van der Waals surface area contributed by atoms with E-state index in [1.54, 1.807) is 73.8 Å². The second-order valence-electron chi connectivity index (χ2n) is 6.68. The summed E-state index contributed by atoms with van der Waals surface area (Å²) in [5.41, 5.74) is 0.414. The van der Waals surface area contributed by atoms with E-state index in [0.717, 1.165) is 7.88 Å². The Labute approximate surface area is 201 Å². The van der Waals surface area contributed by atoms with Gasteiger partial charge in [-0.1, -0.05) is 24.3 Å². The van der Waals surface area contributed by atoms with E-state index < -0.39 is 15.9 Å². The minimum atomic E-state index is -3.92. The van der Waals surface area contributed by atoms with Crippen LogP contribution in [0.15, 0.2) is 83.8 Å². The van der Waals surface area contributed by atoms with Crippen LogP contribution in [-0.4, -0.2) is 41.1 Å². The number of methoxy groups -OCH3 is 1. The average molecular weight is 566 g/mol. The Bertz CT molecular complexity index is 1140. The number of anilines is 1. The monoisotopic (exact) mass is 566 g/mol. The molecule has 3 aromatic rings. The minimum Gasteiger partial charge on any atom is -0.497 e. The molecule has 7 nitrogen and oxygen atoms in total. The molecular formula is C23H23IN2O5S. The van der Waals surface area contributed by atoms with Gasteiger partial charge in [0.1, 0.15) is 24.7 Å². The maximum atomic E-state index is 13.2. The second kappa shape index (κ2) is 11.2. The Morgan fingerprint density at radius 2 is 1.66 bits per heavy atom. The first-order chi connectivity index (χ1) is 15.4. The van der Waals surface area contributed by atoms with E-state index in [4.69, 9.17) is 9.47 Å². The summed E-state index contributed by atoms with van der Waals surface area (Å²) in [6.45, 7) is 0.104. The number of ether oxygens (including phenoxy) is 2. The molecule has 3 rings (SSSR count). The molecule has 1 amide bonds. The molecule has 0 fully saturated rings. The number of nitrogens with one attached hydrogen (secondary N) is 1. The summed E-state index contributed by atoms with van der Waals surface area (Å²) < 4.78 is 39.3. The van der Waals surface area contributed by atoms with E-state index in [1.807, 2.05) is 0 Å². The van der Waals surface area contributed by atoms with Crippen molar-refractivity contribution in [3.8, 4) is 11.5 Å². The normalized spacial score (nSPS) is 10.9. The standard InChI is InChI=1S/C23H23IN2O5S/c1-30-20-6-5-7-21(16-20)31-15-14-25-23(27)17-26(19-12-10-18(24)11-13-19)32(28,29)22-8-3-2-4-9-22/h2-13,16H,14-15,17H2,1H3,(H,25,27). The predicted molar refractivity (Wildman–Crippen MR) is 132 cm³/mol. The highest BCUT2D eigenvalue weighted by Crippen LogP contribution is 2.24. The van der Waals surface area contributed by atoms with Crippen LogP contribution in [0.25, 0.3) is 0 Å². The van der Waals surface area contributed by atoms with Crippen LogP contribution in [0, 0.1) is 3.57 Å². The van der Waals surface area contributed by atoms with Crippen molar-refractivity contribution >= 4 is 44.2 Å². The summed E-state index contributed by atoms with van der Waals surface area (Å²) in [5.74, 6) is 0.855. The number of rotatable bonds is 10. The third kappa shape index (κ3) is 6.36. The molecule has 0 aliphatic rings. The molecule has 1 N–H and O–H groups in total. The lowest BCUT2D eigenvalue weighted by Gasteiger charge is -2.24. The van der Waals surface area contributed by atoms with Crippen LogP contribution in [0.4, 0.5) is 5.69 Å². The highest BCUT2D eigenvalue weighted by Gasteiger charge is 2.27. The van der Waals surface area contributed by atoms with Gasteiger partial charge in [0.15, 0.2) is 0 Å². The molecule has 0 bridgehead atoms. The van der Waals surface area contributed by atoms with Crippen LogP contribution < -0.4 is 19.1 Å². The molecule has 9 heteroatoms. The molecule has 0 unspecified atom stereocenters. The van der Waals surface area contributed by atoms with Crippen molar-refractivity contribution < 1.29 is 22.7 Å². The third-order valence-electron chi connectivity index (χ3n) is 4.47. The molecule has 0 spiro atoms. The molecule has 0 aromatic heterocycles. The summed E-state index contributed by atoms with van der Waals surface area (Å²) in [5, 5.41) is 2.71. The van der Waals surface area contributed by atoms with Gasteiger partial charge in [0.05, 0.1) is 24.2 Å². The zero-order chi connectivity index (χ0) is 23.0. The highest BCUT2D eigenvalue weighted by molar-refractivity contribution is 14.1. The molecule has 32 heavy (non-hydrogen) atoms. The van der Waals surface area contributed by atoms with Crippen molar-refractivity contribution in [2.45, 2.75) is 4.90 Å². The third-order valence-corrected chi connectivity index (χ3v) is 6.97. The van der Waals surface area contributed by atoms with Gasteiger partial charge in [-0.3, -0.25) is 9.10 Å². The van der Waals surface area contributed by atoms with E-state index in [-0.39, 0.29) is 24.6 Å². The largest absolute Gasteiger partial charge is 0.497 e. The molecule has 0 aliphatic heterocycles. The lowest BCUT2D eigenvalue weighted by atomic mass is 10.3. The molecule has 0 saturated carbocycles. The van der Waals surface area contributed by atoms with Crippen LogP contribution in [0.3, 0.4) is 0 Å². The lowest BCUT2D eigenvalue weighted by molar-refractivity contribution is -0.119. The van der Waals surface area contributed by atoms with Gasteiger partial charge in [-0.05, 0) is 71.1 Å². The van der Waals surface area contributed by atoms with Gasteiger partial charge >= 0.3 is 0 Å². The number of carbonyl (C=O) groups is 1. The van der Waals surface area contributed by atoms with Crippen LogP contribution in [0.1, 0.15) is 0 Å². The number of hydrogen-bond acceptors (Lipinski definition) is 5. The van der Waals surface area contributed by atoms with Crippen molar-refractivity contribution in [2.75, 3.05) is 31.1 Å². The van der Waals surface area contributed by atoms with Gasteiger partial charge in [0.25, 0.3) is 10.0 Å². The van der Waals surface area contributed by atoms with Gasteiger partial charge in [-0.15, -0.1) is 0 Å². The summed E-state index contributed by atoms with van der Waals surface area (Å²) in [6, 6.07) is 22.1. The lowest BCUT2D eigenvalue weighted by Crippen LogP contribution is -2.41. The Kier molecular flexibility index (Phi) is 8.34. The van der Waals surface area contributed by atoms with Gasteiger partial charge in [-0.25, -0.2) is 8.42 Å². The van der Waals surface area contributed by atoms with E-state index in [9.17, 15) is 13.2 Å². The maximum Gasteiger partial charge on any atom is 0.264 e. The predicted octanol–water partition coefficient (Wildman–Crippen LogP) is 3.69. The van der Waals surface area contributed by atoms with Crippen molar-refractivity contribution in [3.05, 3.63) is 82.4 Å². The van der Waals surface area contributed by atoms with Crippen molar-refractivity contribution in [2.24, 2.45) is 0 Å². The van der Waals surface area contributed by atoms with Crippen LogP contribution >= 0.6 is 22.6 Å². The molecule has 0 aliphatic carbocycles. The van der Waals surface area contributed by atoms with Gasteiger partial charge < -0.3 is 14.8 Å². The topological polar surface area (TPSA) is 84.9 Å². The Hall–Kier alpha value is -2.79.